The second-order valence-corrected chi connectivity index (χ2v) is 4.51. The van der Waals surface area contributed by atoms with Crippen molar-refractivity contribution in [2.45, 2.75) is 24.9 Å². The van der Waals surface area contributed by atoms with Crippen LogP contribution in [0.5, 0.6) is 0 Å². The van der Waals surface area contributed by atoms with Crippen LogP contribution in [0.2, 0.25) is 0 Å². The molecule has 0 fully saturated rings. The van der Waals surface area contributed by atoms with Crippen LogP contribution >= 0.6 is 0 Å². The predicted molar refractivity (Wildman–Crippen MR) is 57.9 cm³/mol. The van der Waals surface area contributed by atoms with E-state index in [0.29, 0.717) is 11.3 Å². The molecule has 1 aliphatic rings. The van der Waals surface area contributed by atoms with Gasteiger partial charge >= 0.3 is 6.18 Å². The lowest BCUT2D eigenvalue weighted by molar-refractivity contribution is -0.154. The van der Waals surface area contributed by atoms with Gasteiger partial charge in [-0.1, -0.05) is 18.2 Å². The minimum atomic E-state index is -4.36. The number of amides is 1. The molecule has 17 heavy (non-hydrogen) atoms. The van der Waals surface area contributed by atoms with E-state index in [1.165, 1.54) is 18.9 Å². The van der Waals surface area contributed by atoms with Gasteiger partial charge in [-0.25, -0.2) is 0 Å². The number of benzene rings is 1. The summed E-state index contributed by atoms with van der Waals surface area (Å²) >= 11 is 0. The van der Waals surface area contributed by atoms with Crippen LogP contribution in [0.15, 0.2) is 24.3 Å². The number of anilines is 1. The summed E-state index contributed by atoms with van der Waals surface area (Å²) in [5.41, 5.74) is -0.488. The summed E-state index contributed by atoms with van der Waals surface area (Å²) in [6, 6.07) is 6.61. The first-order chi connectivity index (χ1) is 7.76. The van der Waals surface area contributed by atoms with Crippen molar-refractivity contribution in [1.29, 1.82) is 0 Å². The lowest BCUT2D eigenvalue weighted by atomic mass is 9.80. The molecule has 0 saturated heterocycles. The highest BCUT2D eigenvalue weighted by Crippen LogP contribution is 2.46. The van der Waals surface area contributed by atoms with Gasteiger partial charge in [-0.2, -0.15) is 13.2 Å². The summed E-state index contributed by atoms with van der Waals surface area (Å²) in [7, 11) is 1.50. The number of halogens is 3. The summed E-state index contributed by atoms with van der Waals surface area (Å²) in [6.07, 6.45) is -5.48. The van der Waals surface area contributed by atoms with Gasteiger partial charge in [-0.3, -0.25) is 4.79 Å². The molecule has 0 bridgehead atoms. The lowest BCUT2D eigenvalue weighted by Crippen LogP contribution is -2.39. The van der Waals surface area contributed by atoms with Gasteiger partial charge in [-0.15, -0.1) is 0 Å². The monoisotopic (exact) mass is 243 g/mol. The molecule has 1 aromatic rings. The van der Waals surface area contributed by atoms with Gasteiger partial charge in [0, 0.05) is 12.7 Å². The van der Waals surface area contributed by atoms with E-state index in [9.17, 15) is 18.0 Å². The Balaban J connectivity index is 2.52. The van der Waals surface area contributed by atoms with Gasteiger partial charge in [0.15, 0.2) is 0 Å². The molecule has 1 aliphatic heterocycles. The number of rotatable bonds is 1. The maximum absolute atomic E-state index is 12.6. The second kappa shape index (κ2) is 3.48. The van der Waals surface area contributed by atoms with Crippen molar-refractivity contribution in [3.8, 4) is 0 Å². The fourth-order valence-electron chi connectivity index (χ4n) is 2.40. The predicted octanol–water partition coefficient (Wildman–Crippen LogP) is 2.87. The average molecular weight is 243 g/mol. The second-order valence-electron chi connectivity index (χ2n) is 4.51. The van der Waals surface area contributed by atoms with E-state index < -0.39 is 23.9 Å². The molecule has 0 saturated carbocycles. The Morgan fingerprint density at radius 3 is 2.47 bits per heavy atom. The van der Waals surface area contributed by atoms with Crippen LogP contribution in [0.1, 0.15) is 18.9 Å². The molecular weight excluding hydrogens is 231 g/mol. The zero-order valence-electron chi connectivity index (χ0n) is 9.51. The zero-order chi connectivity index (χ0) is 12.8. The van der Waals surface area contributed by atoms with E-state index in [1.807, 2.05) is 0 Å². The molecule has 5 heteroatoms. The quantitative estimate of drug-likeness (QED) is 0.742. The van der Waals surface area contributed by atoms with E-state index in [1.54, 1.807) is 24.3 Å². The number of hydrogen-bond donors (Lipinski definition) is 0. The fraction of sp³-hybridized carbons (Fsp3) is 0.417. The molecule has 1 atom stereocenters. The van der Waals surface area contributed by atoms with Crippen molar-refractivity contribution >= 4 is 11.6 Å². The number of nitrogens with zero attached hydrogens (tertiary/aromatic N) is 1. The topological polar surface area (TPSA) is 20.3 Å². The summed E-state index contributed by atoms with van der Waals surface area (Å²) < 4.78 is 37.7. The third-order valence-electron chi connectivity index (χ3n) is 3.19. The summed E-state index contributed by atoms with van der Waals surface area (Å²) in [4.78, 5) is 13.3. The van der Waals surface area contributed by atoms with Crippen molar-refractivity contribution in [3.05, 3.63) is 29.8 Å². The Morgan fingerprint density at radius 1 is 1.29 bits per heavy atom. The van der Waals surface area contributed by atoms with Crippen LogP contribution in [0.4, 0.5) is 18.9 Å². The Morgan fingerprint density at radius 2 is 1.88 bits per heavy atom. The Bertz CT molecular complexity index is 469. The number of hydrogen-bond acceptors (Lipinski definition) is 1. The van der Waals surface area contributed by atoms with Gasteiger partial charge < -0.3 is 4.90 Å². The van der Waals surface area contributed by atoms with Gasteiger partial charge in [0.2, 0.25) is 5.91 Å². The molecule has 0 unspecified atom stereocenters. The molecule has 2 rings (SSSR count). The molecule has 92 valence electrons. The highest BCUT2D eigenvalue weighted by atomic mass is 19.4. The van der Waals surface area contributed by atoms with Crippen LogP contribution in [0.3, 0.4) is 0 Å². The Labute approximate surface area is 97.0 Å². The minimum absolute atomic E-state index is 0.449. The molecule has 0 spiro atoms. The van der Waals surface area contributed by atoms with E-state index in [0.717, 1.165) is 0 Å². The van der Waals surface area contributed by atoms with Crippen LogP contribution in [-0.2, 0) is 10.2 Å². The number of para-hydroxylation sites is 1. The molecule has 0 radical (unpaired) electrons. The number of alkyl halides is 3. The van der Waals surface area contributed by atoms with Crippen molar-refractivity contribution in [2.24, 2.45) is 0 Å². The third kappa shape index (κ3) is 1.79. The molecule has 1 aromatic carbocycles. The maximum atomic E-state index is 12.6. The van der Waals surface area contributed by atoms with Crippen molar-refractivity contribution in [2.75, 3.05) is 11.9 Å². The largest absolute Gasteiger partial charge is 0.390 e. The standard InChI is InChI=1S/C12H12F3NO/c1-11(7-12(13,14)15)8-5-3-4-6-9(8)16(2)10(11)17/h3-6H,7H2,1-2H3/t11-/m0/s1. The van der Waals surface area contributed by atoms with Gasteiger partial charge in [0.05, 0.1) is 11.8 Å². The van der Waals surface area contributed by atoms with Crippen molar-refractivity contribution in [3.63, 3.8) is 0 Å². The van der Waals surface area contributed by atoms with E-state index in [2.05, 4.69) is 0 Å². The summed E-state index contributed by atoms with van der Waals surface area (Å²) in [6.45, 7) is 1.35. The van der Waals surface area contributed by atoms with E-state index in [-0.39, 0.29) is 0 Å². The first kappa shape index (κ1) is 12.0. The maximum Gasteiger partial charge on any atom is 0.390 e. The molecule has 1 heterocycles. The van der Waals surface area contributed by atoms with Gasteiger partial charge in [0.1, 0.15) is 0 Å². The first-order valence-electron chi connectivity index (χ1n) is 5.20. The number of fused-ring (bicyclic) bond motifs is 1. The highest BCUT2D eigenvalue weighted by molar-refractivity contribution is 6.07. The first-order valence-corrected chi connectivity index (χ1v) is 5.20. The summed E-state index contributed by atoms with van der Waals surface area (Å²) in [5, 5.41) is 0. The van der Waals surface area contributed by atoms with Crippen LogP contribution in [0, 0.1) is 0 Å². The molecule has 0 N–H and O–H groups in total. The molecule has 2 nitrogen and oxygen atoms in total. The normalized spacial score (nSPS) is 24.1. The van der Waals surface area contributed by atoms with Crippen molar-refractivity contribution in [1.82, 2.24) is 0 Å². The molecule has 1 amide bonds. The summed E-state index contributed by atoms with van der Waals surface area (Å²) in [5.74, 6) is -0.504. The number of carbonyl (C=O) groups excluding carboxylic acids is 1. The molecular formula is C12H12F3NO. The Hall–Kier alpha value is -1.52. The molecule has 0 aromatic heterocycles. The lowest BCUT2D eigenvalue weighted by Gasteiger charge is -2.24. The number of carbonyl (C=O) groups is 1. The fourth-order valence-corrected chi connectivity index (χ4v) is 2.40. The number of likely N-dealkylation sites (N-methyl/N-ethyl adjacent to an activating group) is 1. The van der Waals surface area contributed by atoms with Crippen LogP contribution in [0.25, 0.3) is 0 Å². The Kier molecular flexibility index (Phi) is 2.45. The smallest absolute Gasteiger partial charge is 0.314 e. The van der Waals surface area contributed by atoms with Crippen LogP contribution in [-0.4, -0.2) is 19.1 Å². The van der Waals surface area contributed by atoms with Crippen LogP contribution < -0.4 is 4.90 Å². The molecule has 0 aliphatic carbocycles. The van der Waals surface area contributed by atoms with E-state index >= 15 is 0 Å². The highest BCUT2D eigenvalue weighted by Gasteiger charge is 2.51. The SMILES string of the molecule is CN1C(=O)[C@@](C)(CC(F)(F)F)c2ccccc21. The minimum Gasteiger partial charge on any atom is -0.314 e. The third-order valence-corrected chi connectivity index (χ3v) is 3.19. The van der Waals surface area contributed by atoms with E-state index in [4.69, 9.17) is 0 Å². The van der Waals surface area contributed by atoms with Crippen molar-refractivity contribution < 1.29 is 18.0 Å². The average Bonchev–Trinajstić information content (AvgIpc) is 2.40. The van der Waals surface area contributed by atoms with Gasteiger partial charge in [0.25, 0.3) is 0 Å². The van der Waals surface area contributed by atoms with Gasteiger partial charge in [-0.05, 0) is 18.6 Å². The zero-order valence-corrected chi connectivity index (χ0v) is 9.51.